The average molecular weight is 206 g/mol. The van der Waals surface area contributed by atoms with Gasteiger partial charge in [0.25, 0.3) is 0 Å². The third-order valence-corrected chi connectivity index (χ3v) is 3.40. The molecule has 2 aromatic rings. The summed E-state index contributed by atoms with van der Waals surface area (Å²) >= 11 is 1.62. The van der Waals surface area contributed by atoms with E-state index in [4.69, 9.17) is 0 Å². The second-order valence-corrected chi connectivity index (χ2v) is 4.30. The summed E-state index contributed by atoms with van der Waals surface area (Å²) in [5.74, 6) is 0.195. The van der Waals surface area contributed by atoms with Crippen LogP contribution in [0.25, 0.3) is 10.1 Å². The van der Waals surface area contributed by atoms with E-state index in [0.29, 0.717) is 5.56 Å². The number of aryl methyl sites for hydroxylation is 1. The predicted molar refractivity (Wildman–Crippen MR) is 58.3 cm³/mol. The Labute approximate surface area is 85.8 Å². The van der Waals surface area contributed by atoms with Gasteiger partial charge in [0.15, 0.2) is 0 Å². The molecule has 0 saturated heterocycles. The van der Waals surface area contributed by atoms with Crippen LogP contribution in [0.15, 0.2) is 18.2 Å². The van der Waals surface area contributed by atoms with Crippen LogP contribution < -0.4 is 0 Å². The van der Waals surface area contributed by atoms with Crippen LogP contribution in [-0.2, 0) is 6.42 Å². The molecule has 0 aliphatic heterocycles. The molecular weight excluding hydrogens is 196 g/mol. The molecule has 72 valence electrons. The molecule has 0 amide bonds. The van der Waals surface area contributed by atoms with Gasteiger partial charge in [-0.05, 0) is 24.6 Å². The van der Waals surface area contributed by atoms with Crippen LogP contribution in [0.2, 0.25) is 0 Å². The molecule has 3 heteroatoms. The fraction of sp³-hybridized carbons (Fsp3) is 0.182. The van der Waals surface area contributed by atoms with Crippen molar-refractivity contribution in [3.05, 3.63) is 28.6 Å². The summed E-state index contributed by atoms with van der Waals surface area (Å²) in [6.45, 7) is 2.07. The number of rotatable bonds is 2. The number of thiophene rings is 1. The van der Waals surface area contributed by atoms with E-state index in [1.54, 1.807) is 11.3 Å². The van der Waals surface area contributed by atoms with Gasteiger partial charge in [-0.2, -0.15) is 0 Å². The first-order valence-electron chi connectivity index (χ1n) is 4.45. The Morgan fingerprint density at radius 1 is 1.43 bits per heavy atom. The summed E-state index contributed by atoms with van der Waals surface area (Å²) in [6.07, 6.45) is 1.71. The van der Waals surface area contributed by atoms with Crippen molar-refractivity contribution >= 4 is 27.7 Å². The van der Waals surface area contributed by atoms with Crippen LogP contribution in [0.3, 0.4) is 0 Å². The third kappa shape index (κ3) is 1.40. The van der Waals surface area contributed by atoms with Crippen LogP contribution >= 0.6 is 11.3 Å². The standard InChI is InChI=1S/C11H10O2S/c1-2-8-5-9-10(13)3-7(6-12)4-11(9)14-8/h3-6,13H,2H2,1H3. The zero-order valence-corrected chi connectivity index (χ0v) is 8.60. The average Bonchev–Trinajstić information content (AvgIpc) is 2.61. The number of fused-ring (bicyclic) bond motifs is 1. The molecule has 0 saturated carbocycles. The van der Waals surface area contributed by atoms with Crippen molar-refractivity contribution in [3.8, 4) is 5.75 Å². The largest absolute Gasteiger partial charge is 0.507 e. The minimum absolute atomic E-state index is 0.195. The van der Waals surface area contributed by atoms with Crippen molar-refractivity contribution < 1.29 is 9.90 Å². The van der Waals surface area contributed by atoms with Gasteiger partial charge < -0.3 is 5.11 Å². The number of aromatic hydroxyl groups is 1. The minimum Gasteiger partial charge on any atom is -0.507 e. The Bertz CT molecular complexity index is 485. The summed E-state index contributed by atoms with van der Waals surface area (Å²) in [4.78, 5) is 11.8. The topological polar surface area (TPSA) is 37.3 Å². The van der Waals surface area contributed by atoms with E-state index >= 15 is 0 Å². The monoisotopic (exact) mass is 206 g/mol. The van der Waals surface area contributed by atoms with E-state index in [9.17, 15) is 9.90 Å². The zero-order valence-electron chi connectivity index (χ0n) is 7.78. The van der Waals surface area contributed by atoms with Crippen LogP contribution in [0.4, 0.5) is 0 Å². The van der Waals surface area contributed by atoms with Gasteiger partial charge in [0.2, 0.25) is 0 Å². The molecule has 14 heavy (non-hydrogen) atoms. The highest BCUT2D eigenvalue weighted by atomic mass is 32.1. The van der Waals surface area contributed by atoms with E-state index in [1.807, 2.05) is 12.1 Å². The van der Waals surface area contributed by atoms with Gasteiger partial charge in [-0.25, -0.2) is 0 Å². The highest BCUT2D eigenvalue weighted by Gasteiger charge is 2.06. The summed E-state index contributed by atoms with van der Waals surface area (Å²) in [5, 5.41) is 10.5. The molecule has 1 aromatic carbocycles. The molecule has 2 nitrogen and oxygen atoms in total. The van der Waals surface area contributed by atoms with Crippen molar-refractivity contribution in [2.45, 2.75) is 13.3 Å². The van der Waals surface area contributed by atoms with Crippen LogP contribution in [0.5, 0.6) is 5.75 Å². The first kappa shape index (κ1) is 9.21. The fourth-order valence-corrected chi connectivity index (χ4v) is 2.51. The number of phenolic OH excluding ortho intramolecular Hbond substituents is 1. The molecule has 0 aliphatic carbocycles. The number of hydrogen-bond acceptors (Lipinski definition) is 3. The molecule has 1 heterocycles. The lowest BCUT2D eigenvalue weighted by atomic mass is 10.1. The van der Waals surface area contributed by atoms with Gasteiger partial charge in [-0.1, -0.05) is 6.92 Å². The van der Waals surface area contributed by atoms with Crippen molar-refractivity contribution in [1.29, 1.82) is 0 Å². The SMILES string of the molecule is CCc1cc2c(O)cc(C=O)cc2s1. The second kappa shape index (κ2) is 3.42. The maximum absolute atomic E-state index is 10.6. The predicted octanol–water partition coefficient (Wildman–Crippen LogP) is 2.98. The Balaban J connectivity index is 2.73. The molecule has 2 rings (SSSR count). The zero-order chi connectivity index (χ0) is 10.1. The van der Waals surface area contributed by atoms with E-state index < -0.39 is 0 Å². The molecule has 0 unspecified atom stereocenters. The molecule has 1 N–H and O–H groups in total. The Morgan fingerprint density at radius 2 is 2.21 bits per heavy atom. The Hall–Kier alpha value is -1.35. The smallest absolute Gasteiger partial charge is 0.150 e. The summed E-state index contributed by atoms with van der Waals surface area (Å²) in [5.41, 5.74) is 0.527. The fourth-order valence-electron chi connectivity index (χ4n) is 1.44. The molecule has 0 bridgehead atoms. The summed E-state index contributed by atoms with van der Waals surface area (Å²) in [6, 6.07) is 5.29. The number of phenols is 1. The van der Waals surface area contributed by atoms with Crippen LogP contribution in [0, 0.1) is 0 Å². The third-order valence-electron chi connectivity index (χ3n) is 2.17. The number of carbonyl (C=O) groups excluding carboxylic acids is 1. The van der Waals surface area contributed by atoms with Gasteiger partial charge in [0.05, 0.1) is 0 Å². The molecule has 0 aliphatic rings. The Kier molecular flexibility index (Phi) is 2.25. The number of hydrogen-bond donors (Lipinski definition) is 1. The lowest BCUT2D eigenvalue weighted by molar-refractivity contribution is 0.112. The lowest BCUT2D eigenvalue weighted by Crippen LogP contribution is -1.77. The van der Waals surface area contributed by atoms with Crippen molar-refractivity contribution in [2.24, 2.45) is 0 Å². The first-order valence-corrected chi connectivity index (χ1v) is 5.27. The number of carbonyl (C=O) groups is 1. The van der Waals surface area contributed by atoms with Crippen molar-refractivity contribution in [1.82, 2.24) is 0 Å². The van der Waals surface area contributed by atoms with E-state index in [0.717, 1.165) is 22.8 Å². The Morgan fingerprint density at radius 3 is 2.86 bits per heavy atom. The summed E-state index contributed by atoms with van der Waals surface area (Å²) in [7, 11) is 0. The summed E-state index contributed by atoms with van der Waals surface area (Å²) < 4.78 is 0.976. The molecule has 0 radical (unpaired) electrons. The molecule has 1 aromatic heterocycles. The number of benzene rings is 1. The van der Waals surface area contributed by atoms with Gasteiger partial charge in [0.1, 0.15) is 12.0 Å². The molecular formula is C11H10O2S. The minimum atomic E-state index is 0.195. The van der Waals surface area contributed by atoms with Crippen molar-refractivity contribution in [2.75, 3.05) is 0 Å². The van der Waals surface area contributed by atoms with Gasteiger partial charge in [-0.15, -0.1) is 11.3 Å². The normalized spacial score (nSPS) is 10.6. The van der Waals surface area contributed by atoms with E-state index in [1.165, 1.54) is 10.9 Å². The van der Waals surface area contributed by atoms with Crippen LogP contribution in [-0.4, -0.2) is 11.4 Å². The lowest BCUT2D eigenvalue weighted by Gasteiger charge is -1.95. The van der Waals surface area contributed by atoms with Crippen LogP contribution in [0.1, 0.15) is 22.2 Å². The maximum atomic E-state index is 10.6. The van der Waals surface area contributed by atoms with E-state index in [-0.39, 0.29) is 5.75 Å². The number of aldehydes is 1. The molecule has 0 atom stereocenters. The van der Waals surface area contributed by atoms with E-state index in [2.05, 4.69) is 6.92 Å². The van der Waals surface area contributed by atoms with Gasteiger partial charge in [0, 0.05) is 20.5 Å². The quantitative estimate of drug-likeness (QED) is 0.767. The van der Waals surface area contributed by atoms with Gasteiger partial charge >= 0.3 is 0 Å². The highest BCUT2D eigenvalue weighted by molar-refractivity contribution is 7.19. The van der Waals surface area contributed by atoms with Gasteiger partial charge in [-0.3, -0.25) is 4.79 Å². The first-order chi connectivity index (χ1) is 6.74. The maximum Gasteiger partial charge on any atom is 0.150 e. The molecule has 0 fully saturated rings. The molecule has 0 spiro atoms. The second-order valence-electron chi connectivity index (χ2n) is 3.14. The highest BCUT2D eigenvalue weighted by Crippen LogP contribution is 2.33. The van der Waals surface area contributed by atoms with Crippen molar-refractivity contribution in [3.63, 3.8) is 0 Å².